The Morgan fingerprint density at radius 2 is 1.81 bits per heavy atom. The molecule has 2 rings (SSSR count). The van der Waals surface area contributed by atoms with Gasteiger partial charge in [0.15, 0.2) is 0 Å². The molecule has 0 bridgehead atoms. The molecule has 0 aromatic heterocycles. The molecule has 0 spiro atoms. The lowest BCUT2D eigenvalue weighted by Crippen LogP contribution is -2.17. The molecule has 0 aliphatic rings. The largest absolute Gasteiger partial charge is 0.355 e. The zero-order valence-electron chi connectivity index (χ0n) is 14.1. The number of sulfonamides is 1. The first-order chi connectivity index (χ1) is 12.3. The maximum Gasteiger partial charge on any atom is 0.251 e. The van der Waals surface area contributed by atoms with E-state index in [4.69, 9.17) is 5.14 Å². The second-order valence-electron chi connectivity index (χ2n) is 5.53. The lowest BCUT2D eigenvalue weighted by molar-refractivity contribution is -0.111. The number of hydrogen-bond acceptors (Lipinski definition) is 4. The first kappa shape index (κ1) is 19.4. The van der Waals surface area contributed by atoms with E-state index in [1.54, 1.807) is 61.7 Å². The number of carbonyl (C=O) groups excluding carboxylic acids is 2. The number of nitrogens with one attached hydrogen (secondary N) is 2. The highest BCUT2D eigenvalue weighted by Crippen LogP contribution is 2.13. The summed E-state index contributed by atoms with van der Waals surface area (Å²) in [7, 11) is -2.08. The monoisotopic (exact) mass is 373 g/mol. The van der Waals surface area contributed by atoms with Gasteiger partial charge in [-0.25, -0.2) is 13.6 Å². The van der Waals surface area contributed by atoms with Crippen LogP contribution in [-0.2, 0) is 20.6 Å². The summed E-state index contributed by atoms with van der Waals surface area (Å²) in [6, 6.07) is 13.2. The number of hydrogen-bond donors (Lipinski definition) is 3. The van der Waals surface area contributed by atoms with Crippen LogP contribution < -0.4 is 15.8 Å². The minimum Gasteiger partial charge on any atom is -0.355 e. The SMILES string of the molecule is CNC(=O)c1ccc(/C=C/C(=O)Nc2cccc(CS(N)(=O)=O)c2)cc1. The van der Waals surface area contributed by atoms with Gasteiger partial charge in [0.25, 0.3) is 5.91 Å². The van der Waals surface area contributed by atoms with Crippen LogP contribution in [0.5, 0.6) is 0 Å². The van der Waals surface area contributed by atoms with Crippen molar-refractivity contribution in [2.24, 2.45) is 5.14 Å². The van der Waals surface area contributed by atoms with Gasteiger partial charge in [0.1, 0.15) is 0 Å². The number of primary sulfonamides is 1. The van der Waals surface area contributed by atoms with Crippen LogP contribution in [0.1, 0.15) is 21.5 Å². The third-order valence-electron chi connectivity index (χ3n) is 3.39. The third kappa shape index (κ3) is 6.15. The van der Waals surface area contributed by atoms with E-state index in [1.165, 1.54) is 6.08 Å². The number of nitrogens with two attached hydrogens (primary N) is 1. The molecule has 0 unspecified atom stereocenters. The predicted octanol–water partition coefficient (Wildman–Crippen LogP) is 1.49. The van der Waals surface area contributed by atoms with Gasteiger partial charge in [-0.2, -0.15) is 0 Å². The molecular formula is C18H19N3O4S. The lowest BCUT2D eigenvalue weighted by Gasteiger charge is -2.05. The molecule has 2 aromatic carbocycles. The fraction of sp³-hybridized carbons (Fsp3) is 0.111. The number of rotatable bonds is 6. The average molecular weight is 373 g/mol. The second kappa shape index (κ2) is 8.41. The van der Waals surface area contributed by atoms with Crippen molar-refractivity contribution < 1.29 is 18.0 Å². The molecule has 0 saturated heterocycles. The molecule has 0 radical (unpaired) electrons. The van der Waals surface area contributed by atoms with E-state index in [1.807, 2.05) is 0 Å². The van der Waals surface area contributed by atoms with Crippen LogP contribution in [0.2, 0.25) is 0 Å². The van der Waals surface area contributed by atoms with E-state index in [2.05, 4.69) is 10.6 Å². The highest BCUT2D eigenvalue weighted by atomic mass is 32.2. The van der Waals surface area contributed by atoms with Gasteiger partial charge in [0.2, 0.25) is 15.9 Å². The quantitative estimate of drug-likeness (QED) is 0.665. The first-order valence-electron chi connectivity index (χ1n) is 7.67. The molecule has 4 N–H and O–H groups in total. The molecule has 0 aliphatic heterocycles. The fourth-order valence-corrected chi connectivity index (χ4v) is 2.86. The summed E-state index contributed by atoms with van der Waals surface area (Å²) < 4.78 is 22.3. The number of amides is 2. The Labute approximate surface area is 152 Å². The maximum atomic E-state index is 12.0. The van der Waals surface area contributed by atoms with Crippen LogP contribution in [-0.4, -0.2) is 27.3 Å². The summed E-state index contributed by atoms with van der Waals surface area (Å²) in [5.74, 6) is -0.852. The Balaban J connectivity index is 2.01. The molecule has 0 saturated carbocycles. The van der Waals surface area contributed by atoms with Crippen LogP contribution in [0, 0.1) is 0 Å². The van der Waals surface area contributed by atoms with Gasteiger partial charge in [-0.3, -0.25) is 9.59 Å². The molecule has 0 fully saturated rings. The summed E-state index contributed by atoms with van der Waals surface area (Å²) in [5.41, 5.74) is 2.24. The first-order valence-corrected chi connectivity index (χ1v) is 9.39. The molecule has 136 valence electrons. The maximum absolute atomic E-state index is 12.0. The Bertz CT molecular complexity index is 935. The summed E-state index contributed by atoms with van der Waals surface area (Å²) in [4.78, 5) is 23.5. The normalized spacial score (nSPS) is 11.3. The molecule has 2 aromatic rings. The van der Waals surface area contributed by atoms with Crippen molar-refractivity contribution >= 4 is 33.6 Å². The lowest BCUT2D eigenvalue weighted by atomic mass is 10.1. The van der Waals surface area contributed by atoms with Crippen LogP contribution >= 0.6 is 0 Å². The Hall–Kier alpha value is -2.97. The van der Waals surface area contributed by atoms with Gasteiger partial charge in [-0.1, -0.05) is 24.3 Å². The molecule has 2 amide bonds. The van der Waals surface area contributed by atoms with Crippen molar-refractivity contribution in [1.82, 2.24) is 5.32 Å². The van der Waals surface area contributed by atoms with Gasteiger partial charge >= 0.3 is 0 Å². The van der Waals surface area contributed by atoms with Crippen molar-refractivity contribution in [3.63, 3.8) is 0 Å². The third-order valence-corrected chi connectivity index (χ3v) is 4.13. The standard InChI is InChI=1S/C18H19N3O4S/c1-20-18(23)15-8-5-13(6-9-15)7-10-17(22)21-16-4-2-3-14(11-16)12-26(19,24)25/h2-11H,12H2,1H3,(H,20,23)(H,21,22)(H2,19,24,25)/b10-7+. The molecule has 7 nitrogen and oxygen atoms in total. The summed E-state index contributed by atoms with van der Waals surface area (Å²) >= 11 is 0. The highest BCUT2D eigenvalue weighted by molar-refractivity contribution is 7.88. The minimum absolute atomic E-state index is 0.183. The van der Waals surface area contributed by atoms with Gasteiger partial charge < -0.3 is 10.6 Å². The van der Waals surface area contributed by atoms with E-state index in [0.717, 1.165) is 5.56 Å². The van der Waals surface area contributed by atoms with Crippen molar-refractivity contribution in [1.29, 1.82) is 0 Å². The summed E-state index contributed by atoms with van der Waals surface area (Å²) in [6.45, 7) is 0. The van der Waals surface area contributed by atoms with Crippen LogP contribution in [0.4, 0.5) is 5.69 Å². The smallest absolute Gasteiger partial charge is 0.251 e. The Kier molecular flexibility index (Phi) is 6.26. The van der Waals surface area contributed by atoms with Crippen molar-refractivity contribution in [2.75, 3.05) is 12.4 Å². The van der Waals surface area contributed by atoms with Gasteiger partial charge in [-0.15, -0.1) is 0 Å². The molecule has 0 atom stereocenters. The van der Waals surface area contributed by atoms with Crippen LogP contribution in [0.3, 0.4) is 0 Å². The zero-order chi connectivity index (χ0) is 19.2. The highest BCUT2D eigenvalue weighted by Gasteiger charge is 2.06. The van der Waals surface area contributed by atoms with E-state index in [9.17, 15) is 18.0 Å². The van der Waals surface area contributed by atoms with Crippen molar-refractivity contribution in [3.8, 4) is 0 Å². The van der Waals surface area contributed by atoms with E-state index >= 15 is 0 Å². The van der Waals surface area contributed by atoms with E-state index in [0.29, 0.717) is 16.8 Å². The summed E-state index contributed by atoms with van der Waals surface area (Å²) in [5, 5.41) is 10.2. The zero-order valence-corrected chi connectivity index (χ0v) is 14.9. The molecule has 26 heavy (non-hydrogen) atoms. The van der Waals surface area contributed by atoms with Gasteiger partial charge in [0, 0.05) is 24.4 Å². The van der Waals surface area contributed by atoms with Crippen molar-refractivity contribution in [2.45, 2.75) is 5.75 Å². The minimum atomic E-state index is -3.64. The van der Waals surface area contributed by atoms with Gasteiger partial charge in [-0.05, 0) is 41.5 Å². The summed E-state index contributed by atoms with van der Waals surface area (Å²) in [6.07, 6.45) is 2.96. The number of carbonyl (C=O) groups is 2. The Morgan fingerprint density at radius 1 is 1.12 bits per heavy atom. The topological polar surface area (TPSA) is 118 Å². The van der Waals surface area contributed by atoms with Crippen molar-refractivity contribution in [3.05, 3.63) is 71.3 Å². The molecular weight excluding hydrogens is 354 g/mol. The van der Waals surface area contributed by atoms with Crippen LogP contribution in [0.15, 0.2) is 54.6 Å². The molecule has 8 heteroatoms. The molecule has 0 aliphatic carbocycles. The van der Waals surface area contributed by atoms with Gasteiger partial charge in [0.05, 0.1) is 5.75 Å². The van der Waals surface area contributed by atoms with E-state index in [-0.39, 0.29) is 17.6 Å². The van der Waals surface area contributed by atoms with E-state index < -0.39 is 10.0 Å². The number of benzene rings is 2. The average Bonchev–Trinajstić information content (AvgIpc) is 2.58. The molecule has 0 heterocycles. The Morgan fingerprint density at radius 3 is 2.42 bits per heavy atom. The second-order valence-corrected chi connectivity index (χ2v) is 7.15. The fourth-order valence-electron chi connectivity index (χ4n) is 2.22. The predicted molar refractivity (Wildman–Crippen MR) is 101 cm³/mol. The van der Waals surface area contributed by atoms with Crippen LogP contribution in [0.25, 0.3) is 6.08 Å². The number of anilines is 1.